The maximum Gasteiger partial charge on any atom is 0.0541 e. The van der Waals surface area contributed by atoms with Crippen molar-refractivity contribution in [1.82, 2.24) is 4.57 Å². The Bertz CT molecular complexity index is 3720. The second kappa shape index (κ2) is 13.3. The van der Waals surface area contributed by atoms with E-state index in [1.165, 1.54) is 127 Å². The molecule has 1 heteroatoms. The third-order valence-corrected chi connectivity index (χ3v) is 13.2. The van der Waals surface area contributed by atoms with Crippen LogP contribution in [0.15, 0.2) is 224 Å². The summed E-state index contributed by atoms with van der Waals surface area (Å²) in [7, 11) is 0. The van der Waals surface area contributed by atoms with Crippen LogP contribution in [0.3, 0.4) is 0 Å². The van der Waals surface area contributed by atoms with Crippen LogP contribution >= 0.6 is 0 Å². The van der Waals surface area contributed by atoms with Crippen LogP contribution in [-0.2, 0) is 0 Å². The normalized spacial score (nSPS) is 11.9. The lowest BCUT2D eigenvalue weighted by molar-refractivity contribution is 1.18. The van der Waals surface area contributed by atoms with Crippen LogP contribution in [0.5, 0.6) is 0 Å². The Morgan fingerprint density at radius 3 is 1.15 bits per heavy atom. The van der Waals surface area contributed by atoms with Crippen LogP contribution in [0.1, 0.15) is 0 Å². The summed E-state index contributed by atoms with van der Waals surface area (Å²) in [5.74, 6) is 0. The van der Waals surface area contributed by atoms with Crippen molar-refractivity contribution in [3.8, 4) is 72.4 Å². The Labute approximate surface area is 354 Å². The molecule has 12 aromatic rings. The smallest absolute Gasteiger partial charge is 0.0541 e. The molecule has 1 heterocycles. The number of nitrogens with zero attached hydrogens (tertiary/aromatic N) is 1. The first-order valence-electron chi connectivity index (χ1n) is 21.2. The minimum absolute atomic E-state index is 1.17. The van der Waals surface area contributed by atoms with E-state index >= 15 is 0 Å². The fourth-order valence-corrected chi connectivity index (χ4v) is 10.4. The van der Waals surface area contributed by atoms with Gasteiger partial charge in [-0.3, -0.25) is 0 Å². The predicted octanol–water partition coefficient (Wildman–Crippen LogP) is 16.6. The fourth-order valence-electron chi connectivity index (χ4n) is 10.4. The largest absolute Gasteiger partial charge is 0.309 e. The number of rotatable bonds is 3. The van der Waals surface area contributed by atoms with Crippen LogP contribution < -0.4 is 0 Å². The van der Waals surface area contributed by atoms with Crippen LogP contribution in [-0.4, -0.2) is 4.57 Å². The number of para-hydroxylation sites is 2. The molecule has 0 saturated heterocycles. The topological polar surface area (TPSA) is 4.93 Å². The summed E-state index contributed by atoms with van der Waals surface area (Å²) in [6, 6.07) is 83.3. The van der Waals surface area contributed by atoms with Gasteiger partial charge >= 0.3 is 0 Å². The Kier molecular flexibility index (Phi) is 7.37. The van der Waals surface area contributed by atoms with Gasteiger partial charge in [0, 0.05) is 16.5 Å². The third-order valence-electron chi connectivity index (χ3n) is 13.2. The predicted molar refractivity (Wildman–Crippen MR) is 259 cm³/mol. The van der Waals surface area contributed by atoms with E-state index in [4.69, 9.17) is 0 Å². The van der Waals surface area contributed by atoms with E-state index in [0.29, 0.717) is 0 Å². The van der Waals surface area contributed by atoms with Crippen LogP contribution in [0.25, 0.3) is 127 Å². The van der Waals surface area contributed by atoms with Gasteiger partial charge in [0.05, 0.1) is 11.0 Å². The molecule has 0 radical (unpaired) electrons. The Morgan fingerprint density at radius 2 is 0.557 bits per heavy atom. The molecule has 11 aromatic carbocycles. The average Bonchev–Trinajstić information content (AvgIpc) is 3.67. The summed E-state index contributed by atoms with van der Waals surface area (Å²) < 4.78 is 2.39. The molecule has 13 rings (SSSR count). The molecule has 0 N–H and O–H groups in total. The molecule has 0 aliphatic heterocycles. The van der Waals surface area contributed by atoms with Gasteiger partial charge in [0.2, 0.25) is 0 Å². The first-order chi connectivity index (χ1) is 30.3. The summed E-state index contributed by atoms with van der Waals surface area (Å²) in [5.41, 5.74) is 18.4. The fraction of sp³-hybridized carbons (Fsp3) is 0. The quantitative estimate of drug-likeness (QED) is 0.158. The van der Waals surface area contributed by atoms with Crippen molar-refractivity contribution in [2.75, 3.05) is 0 Å². The Hall–Kier alpha value is -8.00. The Morgan fingerprint density at radius 1 is 0.197 bits per heavy atom. The standard InChI is InChI=1S/C60H37N/c1-2-14-42(15-3-1)61-59-25-13-12-24-54(59)58-37-41(29-33-60(58)61)40-27-31-52-48-21-7-5-17-44(48)46-19-9-11-23-50(46)56-35-39(28-32-53(56)57(52)36-40)38-26-30-51-47-20-6-4-16-43(47)45-18-8-10-22-49(45)55(51)34-38/h1-37H. The SMILES string of the molecule is c1ccc(-n2c3ccccc3c3cc(-c4ccc5c(c4)-c4ccc(-c6ccc7c8ccccc8c8ccccc8c7c6)cc4-c4ccccc4-c4ccccc4-5)ccc32)cc1. The molecule has 0 spiro atoms. The summed E-state index contributed by atoms with van der Waals surface area (Å²) in [4.78, 5) is 0. The molecule has 0 saturated carbocycles. The third kappa shape index (κ3) is 5.14. The highest BCUT2D eigenvalue weighted by molar-refractivity contribution is 6.26. The molecular weight excluding hydrogens is 735 g/mol. The highest BCUT2D eigenvalue weighted by atomic mass is 15.0. The summed E-state index contributed by atoms with van der Waals surface area (Å²) in [5, 5.41) is 10.3. The van der Waals surface area contributed by atoms with Gasteiger partial charge in [0.25, 0.3) is 0 Å². The van der Waals surface area contributed by atoms with Gasteiger partial charge < -0.3 is 4.57 Å². The molecule has 1 aromatic heterocycles. The van der Waals surface area contributed by atoms with E-state index in [0.717, 1.165) is 0 Å². The summed E-state index contributed by atoms with van der Waals surface area (Å²) in [6.07, 6.45) is 0. The van der Waals surface area contributed by atoms with E-state index in [2.05, 4.69) is 229 Å². The molecule has 1 nitrogen and oxygen atoms in total. The second-order valence-electron chi connectivity index (χ2n) is 16.4. The maximum atomic E-state index is 2.44. The van der Waals surface area contributed by atoms with E-state index in [1.54, 1.807) is 0 Å². The number of benzene rings is 11. The maximum absolute atomic E-state index is 2.44. The highest BCUT2D eigenvalue weighted by Crippen LogP contribution is 2.50. The van der Waals surface area contributed by atoms with Gasteiger partial charge in [-0.1, -0.05) is 176 Å². The highest BCUT2D eigenvalue weighted by Gasteiger charge is 2.23. The van der Waals surface area contributed by atoms with E-state index in [-0.39, 0.29) is 0 Å². The van der Waals surface area contributed by atoms with Gasteiger partial charge in [0.1, 0.15) is 0 Å². The van der Waals surface area contributed by atoms with Crippen molar-refractivity contribution in [1.29, 1.82) is 0 Å². The van der Waals surface area contributed by atoms with Gasteiger partial charge in [-0.25, -0.2) is 0 Å². The van der Waals surface area contributed by atoms with Gasteiger partial charge in [-0.2, -0.15) is 0 Å². The first kappa shape index (κ1) is 33.9. The van der Waals surface area contributed by atoms with E-state index in [9.17, 15) is 0 Å². The minimum atomic E-state index is 1.17. The van der Waals surface area contributed by atoms with Crippen LogP contribution in [0, 0.1) is 0 Å². The average molecular weight is 772 g/mol. The molecule has 282 valence electrons. The second-order valence-corrected chi connectivity index (χ2v) is 16.4. The number of aromatic nitrogens is 1. The lowest BCUT2D eigenvalue weighted by Gasteiger charge is -2.24. The number of hydrogen-bond donors (Lipinski definition) is 0. The molecule has 1 aliphatic rings. The molecule has 61 heavy (non-hydrogen) atoms. The molecule has 0 amide bonds. The van der Waals surface area contributed by atoms with Crippen molar-refractivity contribution in [3.63, 3.8) is 0 Å². The zero-order valence-corrected chi connectivity index (χ0v) is 33.3. The lowest BCUT2D eigenvalue weighted by Crippen LogP contribution is -1.98. The van der Waals surface area contributed by atoms with Gasteiger partial charge in [-0.05, 0) is 148 Å². The van der Waals surface area contributed by atoms with Gasteiger partial charge in [-0.15, -0.1) is 0 Å². The minimum Gasteiger partial charge on any atom is -0.309 e. The van der Waals surface area contributed by atoms with Crippen LogP contribution in [0.4, 0.5) is 0 Å². The number of fused-ring (bicyclic) bond motifs is 17. The molecule has 0 atom stereocenters. The van der Waals surface area contributed by atoms with Crippen molar-refractivity contribution >= 4 is 54.1 Å². The zero-order chi connectivity index (χ0) is 40.0. The molecule has 0 unspecified atom stereocenters. The van der Waals surface area contributed by atoms with Gasteiger partial charge in [0.15, 0.2) is 0 Å². The first-order valence-corrected chi connectivity index (χ1v) is 21.2. The lowest BCUT2D eigenvalue weighted by atomic mass is 9.79. The van der Waals surface area contributed by atoms with Crippen molar-refractivity contribution < 1.29 is 0 Å². The van der Waals surface area contributed by atoms with E-state index < -0.39 is 0 Å². The molecule has 0 bridgehead atoms. The zero-order valence-electron chi connectivity index (χ0n) is 33.3. The molecule has 1 aliphatic carbocycles. The van der Waals surface area contributed by atoms with Crippen LogP contribution in [0.2, 0.25) is 0 Å². The summed E-state index contributed by atoms with van der Waals surface area (Å²) >= 11 is 0. The van der Waals surface area contributed by atoms with Crippen molar-refractivity contribution in [2.45, 2.75) is 0 Å². The van der Waals surface area contributed by atoms with Crippen molar-refractivity contribution in [3.05, 3.63) is 224 Å². The van der Waals surface area contributed by atoms with E-state index in [1.807, 2.05) is 0 Å². The molecular formula is C60H37N. The monoisotopic (exact) mass is 771 g/mol. The number of hydrogen-bond acceptors (Lipinski definition) is 0. The Balaban J connectivity index is 1.03. The van der Waals surface area contributed by atoms with Crippen molar-refractivity contribution in [2.24, 2.45) is 0 Å². The molecule has 0 fully saturated rings. The summed E-state index contributed by atoms with van der Waals surface area (Å²) in [6.45, 7) is 0.